The quantitative estimate of drug-likeness (QED) is 0.474. The highest BCUT2D eigenvalue weighted by Gasteiger charge is 2.18. The van der Waals surface area contributed by atoms with Gasteiger partial charge in [0.1, 0.15) is 12.0 Å². The zero-order chi connectivity index (χ0) is 23.0. The summed E-state index contributed by atoms with van der Waals surface area (Å²) in [5.74, 6) is 1.22. The van der Waals surface area contributed by atoms with Crippen LogP contribution in [0, 0.1) is 0 Å². The molecule has 1 saturated carbocycles. The molecule has 1 aliphatic carbocycles. The van der Waals surface area contributed by atoms with E-state index in [9.17, 15) is 9.59 Å². The average molecular weight is 449 g/mol. The third kappa shape index (κ3) is 6.12. The SMILES string of the molecule is COc1ccc(-c2nc(CCNC(=O)Nc3ccc(C(=O)NC4CCCC4)cc3)co2)cc1. The Morgan fingerprint density at radius 2 is 1.79 bits per heavy atom. The molecule has 1 aliphatic rings. The molecule has 1 heterocycles. The van der Waals surface area contributed by atoms with E-state index in [-0.39, 0.29) is 18.0 Å². The predicted molar refractivity (Wildman–Crippen MR) is 125 cm³/mol. The molecule has 1 aromatic heterocycles. The van der Waals surface area contributed by atoms with Crippen molar-refractivity contribution in [2.75, 3.05) is 19.0 Å². The number of nitrogens with one attached hydrogen (secondary N) is 3. The number of carbonyl (C=O) groups excluding carboxylic acids is 2. The zero-order valence-corrected chi connectivity index (χ0v) is 18.6. The summed E-state index contributed by atoms with van der Waals surface area (Å²) in [5.41, 5.74) is 2.81. The highest BCUT2D eigenvalue weighted by molar-refractivity contribution is 5.95. The molecule has 3 amide bonds. The Balaban J connectivity index is 1.21. The first-order valence-corrected chi connectivity index (χ1v) is 11.2. The van der Waals surface area contributed by atoms with Gasteiger partial charge in [0.2, 0.25) is 5.89 Å². The third-order valence-corrected chi connectivity index (χ3v) is 5.65. The molecular weight excluding hydrogens is 420 g/mol. The number of carbonyl (C=O) groups is 2. The highest BCUT2D eigenvalue weighted by Crippen LogP contribution is 2.22. The van der Waals surface area contributed by atoms with E-state index < -0.39 is 0 Å². The van der Waals surface area contributed by atoms with Crippen molar-refractivity contribution in [3.63, 3.8) is 0 Å². The van der Waals surface area contributed by atoms with Crippen molar-refractivity contribution >= 4 is 17.6 Å². The van der Waals surface area contributed by atoms with Crippen LogP contribution >= 0.6 is 0 Å². The number of urea groups is 1. The summed E-state index contributed by atoms with van der Waals surface area (Å²) in [7, 11) is 1.62. The number of aromatic nitrogens is 1. The lowest BCUT2D eigenvalue weighted by molar-refractivity contribution is 0.0938. The minimum Gasteiger partial charge on any atom is -0.497 e. The minimum absolute atomic E-state index is 0.0699. The second-order valence-electron chi connectivity index (χ2n) is 8.04. The van der Waals surface area contributed by atoms with Gasteiger partial charge in [-0.25, -0.2) is 9.78 Å². The topological polar surface area (TPSA) is 105 Å². The first-order valence-electron chi connectivity index (χ1n) is 11.2. The molecule has 4 rings (SSSR count). The number of anilines is 1. The van der Waals surface area contributed by atoms with E-state index in [1.165, 1.54) is 12.8 Å². The molecule has 0 atom stereocenters. The number of ether oxygens (including phenoxy) is 1. The summed E-state index contributed by atoms with van der Waals surface area (Å²) in [4.78, 5) is 28.9. The number of oxazole rings is 1. The number of rotatable bonds is 8. The van der Waals surface area contributed by atoms with Crippen LogP contribution in [-0.2, 0) is 6.42 Å². The molecule has 2 aromatic carbocycles. The fraction of sp³-hybridized carbons (Fsp3) is 0.320. The Kier molecular flexibility index (Phi) is 7.24. The van der Waals surface area contributed by atoms with Crippen molar-refractivity contribution in [3.05, 3.63) is 66.1 Å². The summed E-state index contributed by atoms with van der Waals surface area (Å²) >= 11 is 0. The second kappa shape index (κ2) is 10.7. The fourth-order valence-corrected chi connectivity index (χ4v) is 3.81. The lowest BCUT2D eigenvalue weighted by atomic mass is 10.1. The van der Waals surface area contributed by atoms with Gasteiger partial charge in [0.15, 0.2) is 0 Å². The van der Waals surface area contributed by atoms with E-state index in [0.717, 1.165) is 29.8 Å². The Labute approximate surface area is 192 Å². The second-order valence-corrected chi connectivity index (χ2v) is 8.04. The van der Waals surface area contributed by atoms with E-state index in [1.54, 1.807) is 37.6 Å². The molecule has 1 fully saturated rings. The summed E-state index contributed by atoms with van der Waals surface area (Å²) < 4.78 is 10.7. The third-order valence-electron chi connectivity index (χ3n) is 5.65. The number of hydrogen-bond acceptors (Lipinski definition) is 5. The van der Waals surface area contributed by atoms with Crippen LogP contribution < -0.4 is 20.7 Å². The maximum atomic E-state index is 12.3. The molecule has 0 spiro atoms. The number of hydrogen-bond donors (Lipinski definition) is 3. The van der Waals surface area contributed by atoms with Crippen molar-refractivity contribution < 1.29 is 18.7 Å². The summed E-state index contributed by atoms with van der Waals surface area (Å²) in [6.07, 6.45) is 6.56. The van der Waals surface area contributed by atoms with Gasteiger partial charge in [-0.3, -0.25) is 4.79 Å². The molecule has 8 heteroatoms. The largest absolute Gasteiger partial charge is 0.497 e. The number of nitrogens with zero attached hydrogens (tertiary/aromatic N) is 1. The molecular formula is C25H28N4O4. The Hall–Kier alpha value is -3.81. The molecule has 3 N–H and O–H groups in total. The van der Waals surface area contributed by atoms with E-state index in [0.29, 0.717) is 30.1 Å². The summed E-state index contributed by atoms with van der Waals surface area (Å²) in [6, 6.07) is 14.3. The molecule has 0 radical (unpaired) electrons. The number of amides is 3. The standard InChI is InChI=1S/C25H28N4O4/c1-32-22-12-8-18(9-13-22)24-28-21(16-33-24)14-15-26-25(31)29-20-10-6-17(7-11-20)23(30)27-19-4-2-3-5-19/h6-13,16,19H,2-5,14-15H2,1H3,(H,27,30)(H2,26,29,31). The van der Waals surface area contributed by atoms with Gasteiger partial charge in [-0.15, -0.1) is 0 Å². The molecule has 0 bridgehead atoms. The number of benzene rings is 2. The van der Waals surface area contributed by atoms with Crippen LogP contribution in [0.2, 0.25) is 0 Å². The molecule has 0 unspecified atom stereocenters. The van der Waals surface area contributed by atoms with Crippen molar-refractivity contribution in [2.45, 2.75) is 38.1 Å². The van der Waals surface area contributed by atoms with Crippen LogP contribution in [0.5, 0.6) is 5.75 Å². The van der Waals surface area contributed by atoms with E-state index in [1.807, 2.05) is 24.3 Å². The van der Waals surface area contributed by atoms with Gasteiger partial charge >= 0.3 is 6.03 Å². The van der Waals surface area contributed by atoms with Crippen LogP contribution in [0.15, 0.2) is 59.2 Å². The van der Waals surface area contributed by atoms with Gasteiger partial charge in [0.05, 0.1) is 12.8 Å². The Bertz CT molecular complexity index is 1070. The highest BCUT2D eigenvalue weighted by atomic mass is 16.5. The maximum absolute atomic E-state index is 12.3. The van der Waals surface area contributed by atoms with Gasteiger partial charge in [-0.2, -0.15) is 0 Å². The monoisotopic (exact) mass is 448 g/mol. The smallest absolute Gasteiger partial charge is 0.319 e. The van der Waals surface area contributed by atoms with E-state index >= 15 is 0 Å². The zero-order valence-electron chi connectivity index (χ0n) is 18.6. The lowest BCUT2D eigenvalue weighted by Crippen LogP contribution is -2.32. The van der Waals surface area contributed by atoms with Crippen LogP contribution in [0.25, 0.3) is 11.5 Å². The van der Waals surface area contributed by atoms with Crippen LogP contribution in [-0.4, -0.2) is 36.6 Å². The molecule has 172 valence electrons. The Morgan fingerprint density at radius 3 is 2.48 bits per heavy atom. The van der Waals surface area contributed by atoms with E-state index in [4.69, 9.17) is 9.15 Å². The minimum atomic E-state index is -0.322. The lowest BCUT2D eigenvalue weighted by Gasteiger charge is -2.12. The molecule has 8 nitrogen and oxygen atoms in total. The normalized spacial score (nSPS) is 13.5. The molecule has 0 saturated heterocycles. The van der Waals surface area contributed by atoms with Gasteiger partial charge < -0.3 is 25.1 Å². The number of methoxy groups -OCH3 is 1. The fourth-order valence-electron chi connectivity index (χ4n) is 3.81. The predicted octanol–water partition coefficient (Wildman–Crippen LogP) is 4.39. The van der Waals surface area contributed by atoms with Crippen molar-refractivity contribution in [2.24, 2.45) is 0 Å². The van der Waals surface area contributed by atoms with Gasteiger partial charge in [-0.1, -0.05) is 12.8 Å². The molecule has 3 aromatic rings. The van der Waals surface area contributed by atoms with Gasteiger partial charge in [-0.05, 0) is 61.4 Å². The van der Waals surface area contributed by atoms with Crippen LogP contribution in [0.1, 0.15) is 41.7 Å². The van der Waals surface area contributed by atoms with E-state index in [2.05, 4.69) is 20.9 Å². The Morgan fingerprint density at radius 1 is 1.06 bits per heavy atom. The summed E-state index contributed by atoms with van der Waals surface area (Å²) in [5, 5.41) is 8.63. The maximum Gasteiger partial charge on any atom is 0.319 e. The van der Waals surface area contributed by atoms with Crippen molar-refractivity contribution in [1.29, 1.82) is 0 Å². The van der Waals surface area contributed by atoms with Crippen molar-refractivity contribution in [3.8, 4) is 17.2 Å². The van der Waals surface area contributed by atoms with Crippen LogP contribution in [0.4, 0.5) is 10.5 Å². The van der Waals surface area contributed by atoms with Crippen molar-refractivity contribution in [1.82, 2.24) is 15.6 Å². The van der Waals surface area contributed by atoms with Gasteiger partial charge in [0, 0.05) is 35.8 Å². The average Bonchev–Trinajstić information content (AvgIpc) is 3.52. The first-order chi connectivity index (χ1) is 16.1. The molecule has 33 heavy (non-hydrogen) atoms. The molecule has 0 aliphatic heterocycles. The first kappa shape index (κ1) is 22.4. The van der Waals surface area contributed by atoms with Crippen LogP contribution in [0.3, 0.4) is 0 Å². The summed E-state index contributed by atoms with van der Waals surface area (Å²) in [6.45, 7) is 0.405. The van der Waals surface area contributed by atoms with Gasteiger partial charge in [0.25, 0.3) is 5.91 Å².